The first-order valence-corrected chi connectivity index (χ1v) is 4.86. The van der Waals surface area contributed by atoms with Gasteiger partial charge in [0.15, 0.2) is 0 Å². The van der Waals surface area contributed by atoms with E-state index in [1.807, 2.05) is 12.1 Å². The molecule has 0 spiro atoms. The SMILES string of the molecule is CCc1ccc(C#CC(C)(C)O)cc1. The third-order valence-corrected chi connectivity index (χ3v) is 1.87. The molecule has 1 rings (SSSR count). The highest BCUT2D eigenvalue weighted by Crippen LogP contribution is 2.04. The summed E-state index contributed by atoms with van der Waals surface area (Å²) in [7, 11) is 0. The average Bonchev–Trinajstić information content (AvgIpc) is 2.14. The van der Waals surface area contributed by atoms with Gasteiger partial charge in [0.2, 0.25) is 0 Å². The van der Waals surface area contributed by atoms with E-state index in [4.69, 9.17) is 0 Å². The minimum absolute atomic E-state index is 0.913. The van der Waals surface area contributed by atoms with Crippen LogP contribution in [0.4, 0.5) is 0 Å². The summed E-state index contributed by atoms with van der Waals surface area (Å²) in [5.74, 6) is 5.72. The summed E-state index contributed by atoms with van der Waals surface area (Å²) < 4.78 is 0. The van der Waals surface area contributed by atoms with Crippen LogP contribution in [0.15, 0.2) is 24.3 Å². The van der Waals surface area contributed by atoms with Gasteiger partial charge in [0.1, 0.15) is 5.60 Å². The Labute approximate surface area is 85.8 Å². The number of hydrogen-bond donors (Lipinski definition) is 1. The Morgan fingerprint density at radius 2 is 1.79 bits per heavy atom. The van der Waals surface area contributed by atoms with Crippen LogP contribution >= 0.6 is 0 Å². The summed E-state index contributed by atoms with van der Waals surface area (Å²) in [6, 6.07) is 8.10. The van der Waals surface area contributed by atoms with Gasteiger partial charge in [-0.25, -0.2) is 0 Å². The molecule has 0 aliphatic rings. The molecule has 0 atom stereocenters. The van der Waals surface area contributed by atoms with E-state index in [-0.39, 0.29) is 0 Å². The van der Waals surface area contributed by atoms with Crippen molar-refractivity contribution in [2.45, 2.75) is 32.8 Å². The summed E-state index contributed by atoms with van der Waals surface area (Å²) in [4.78, 5) is 0. The Bertz CT molecular complexity index is 344. The maximum absolute atomic E-state index is 9.41. The second kappa shape index (κ2) is 4.30. The van der Waals surface area contributed by atoms with E-state index in [9.17, 15) is 5.11 Å². The number of rotatable bonds is 1. The monoisotopic (exact) mass is 188 g/mol. The van der Waals surface area contributed by atoms with Crippen molar-refractivity contribution in [2.24, 2.45) is 0 Å². The molecule has 1 heteroatoms. The third kappa shape index (κ3) is 3.64. The predicted octanol–water partition coefficient (Wildman–Crippen LogP) is 2.37. The van der Waals surface area contributed by atoms with Gasteiger partial charge in [-0.05, 0) is 38.0 Å². The van der Waals surface area contributed by atoms with Gasteiger partial charge in [-0.15, -0.1) is 0 Å². The molecule has 1 aromatic carbocycles. The molecule has 0 bridgehead atoms. The van der Waals surface area contributed by atoms with Gasteiger partial charge < -0.3 is 5.11 Å². The highest BCUT2D eigenvalue weighted by Gasteiger charge is 2.05. The molecule has 0 fully saturated rings. The molecule has 0 unspecified atom stereocenters. The molecule has 0 saturated carbocycles. The Kier molecular flexibility index (Phi) is 3.33. The lowest BCUT2D eigenvalue weighted by atomic mass is 10.1. The minimum atomic E-state index is -0.913. The van der Waals surface area contributed by atoms with Crippen molar-refractivity contribution in [3.63, 3.8) is 0 Å². The number of aliphatic hydroxyl groups is 1. The van der Waals surface area contributed by atoms with Gasteiger partial charge in [-0.2, -0.15) is 0 Å². The van der Waals surface area contributed by atoms with Crippen molar-refractivity contribution in [3.8, 4) is 11.8 Å². The van der Waals surface area contributed by atoms with Gasteiger partial charge in [0.25, 0.3) is 0 Å². The zero-order valence-electron chi connectivity index (χ0n) is 8.96. The molecule has 14 heavy (non-hydrogen) atoms. The van der Waals surface area contributed by atoms with Crippen LogP contribution in [-0.4, -0.2) is 10.7 Å². The Morgan fingerprint density at radius 3 is 2.21 bits per heavy atom. The molecule has 0 heterocycles. The summed E-state index contributed by atoms with van der Waals surface area (Å²) >= 11 is 0. The van der Waals surface area contributed by atoms with Crippen LogP contribution in [0.5, 0.6) is 0 Å². The van der Waals surface area contributed by atoms with Crippen molar-refractivity contribution < 1.29 is 5.11 Å². The van der Waals surface area contributed by atoms with Crippen molar-refractivity contribution in [1.82, 2.24) is 0 Å². The lowest BCUT2D eigenvalue weighted by Crippen LogP contribution is -2.14. The first-order valence-electron chi connectivity index (χ1n) is 4.86. The molecule has 0 amide bonds. The quantitative estimate of drug-likeness (QED) is 0.671. The van der Waals surface area contributed by atoms with Gasteiger partial charge in [0, 0.05) is 5.56 Å². The Balaban J connectivity index is 2.82. The molecule has 74 valence electrons. The van der Waals surface area contributed by atoms with Crippen LogP contribution in [0.2, 0.25) is 0 Å². The van der Waals surface area contributed by atoms with Crippen LogP contribution in [0.3, 0.4) is 0 Å². The zero-order valence-corrected chi connectivity index (χ0v) is 8.96. The van der Waals surface area contributed by atoms with Gasteiger partial charge in [-0.3, -0.25) is 0 Å². The van der Waals surface area contributed by atoms with Crippen LogP contribution < -0.4 is 0 Å². The van der Waals surface area contributed by atoms with Crippen molar-refractivity contribution in [2.75, 3.05) is 0 Å². The van der Waals surface area contributed by atoms with Crippen LogP contribution in [0.25, 0.3) is 0 Å². The fourth-order valence-corrected chi connectivity index (χ4v) is 1.05. The van der Waals surface area contributed by atoms with Crippen LogP contribution in [0.1, 0.15) is 31.9 Å². The predicted molar refractivity (Wildman–Crippen MR) is 59.0 cm³/mol. The molecule has 1 aromatic rings. The molecule has 1 nitrogen and oxygen atoms in total. The van der Waals surface area contributed by atoms with E-state index in [2.05, 4.69) is 30.9 Å². The van der Waals surface area contributed by atoms with Gasteiger partial charge >= 0.3 is 0 Å². The maximum Gasteiger partial charge on any atom is 0.120 e. The maximum atomic E-state index is 9.41. The first-order chi connectivity index (χ1) is 6.51. The van der Waals surface area contributed by atoms with E-state index in [1.165, 1.54) is 5.56 Å². The average molecular weight is 188 g/mol. The topological polar surface area (TPSA) is 20.2 Å². The van der Waals surface area contributed by atoms with Crippen molar-refractivity contribution >= 4 is 0 Å². The smallest absolute Gasteiger partial charge is 0.120 e. The highest BCUT2D eigenvalue weighted by atomic mass is 16.3. The summed E-state index contributed by atoms with van der Waals surface area (Å²) in [6.07, 6.45) is 1.04. The largest absolute Gasteiger partial charge is 0.378 e. The fraction of sp³-hybridized carbons (Fsp3) is 0.385. The van der Waals surface area contributed by atoms with Crippen molar-refractivity contribution in [3.05, 3.63) is 35.4 Å². The van der Waals surface area contributed by atoms with Crippen LogP contribution in [0, 0.1) is 11.8 Å². The number of aryl methyl sites for hydroxylation is 1. The molecular formula is C13H16O. The van der Waals surface area contributed by atoms with E-state index in [0.29, 0.717) is 0 Å². The lowest BCUT2D eigenvalue weighted by molar-refractivity contribution is 0.143. The molecule has 1 N–H and O–H groups in total. The second-order valence-corrected chi connectivity index (χ2v) is 3.86. The Hall–Kier alpha value is -1.26. The van der Waals surface area contributed by atoms with E-state index >= 15 is 0 Å². The van der Waals surface area contributed by atoms with E-state index in [1.54, 1.807) is 13.8 Å². The lowest BCUT2D eigenvalue weighted by Gasteiger charge is -2.05. The standard InChI is InChI=1S/C13H16O/c1-4-11-5-7-12(8-6-11)9-10-13(2,3)14/h5-8,14H,4H2,1-3H3. The van der Waals surface area contributed by atoms with E-state index < -0.39 is 5.60 Å². The summed E-state index contributed by atoms with van der Waals surface area (Å²) in [6.45, 7) is 5.48. The van der Waals surface area contributed by atoms with Gasteiger partial charge in [-0.1, -0.05) is 30.9 Å². The summed E-state index contributed by atoms with van der Waals surface area (Å²) in [5, 5.41) is 9.41. The molecule has 0 radical (unpaired) electrons. The molecular weight excluding hydrogens is 172 g/mol. The second-order valence-electron chi connectivity index (χ2n) is 3.86. The normalized spacial score (nSPS) is 10.6. The molecule has 0 aromatic heterocycles. The molecule has 0 aliphatic heterocycles. The third-order valence-electron chi connectivity index (χ3n) is 1.87. The molecule has 0 aliphatic carbocycles. The van der Waals surface area contributed by atoms with E-state index in [0.717, 1.165) is 12.0 Å². The fourth-order valence-electron chi connectivity index (χ4n) is 1.05. The molecule has 0 saturated heterocycles. The number of hydrogen-bond acceptors (Lipinski definition) is 1. The number of benzene rings is 1. The Morgan fingerprint density at radius 1 is 1.21 bits per heavy atom. The van der Waals surface area contributed by atoms with Crippen LogP contribution in [-0.2, 0) is 6.42 Å². The van der Waals surface area contributed by atoms with Gasteiger partial charge in [0.05, 0.1) is 0 Å². The summed E-state index contributed by atoms with van der Waals surface area (Å²) in [5.41, 5.74) is 1.34. The zero-order chi connectivity index (χ0) is 10.6. The first kappa shape index (κ1) is 10.8. The van der Waals surface area contributed by atoms with Crippen molar-refractivity contribution in [1.29, 1.82) is 0 Å². The minimum Gasteiger partial charge on any atom is -0.378 e. The highest BCUT2D eigenvalue weighted by molar-refractivity contribution is 5.37.